The van der Waals surface area contributed by atoms with Crippen LogP contribution in [-0.4, -0.2) is 41.7 Å². The number of aromatic amines is 2. The summed E-state index contributed by atoms with van der Waals surface area (Å²) in [5.74, 6) is -3.83. The average molecular weight is 371 g/mol. The minimum absolute atomic E-state index is 0.00490. The van der Waals surface area contributed by atoms with Crippen molar-refractivity contribution in [2.24, 2.45) is 11.3 Å². The lowest BCUT2D eigenvalue weighted by Crippen LogP contribution is -2.38. The third-order valence-electron chi connectivity index (χ3n) is 5.50. The number of hydrogen-bond donors (Lipinski definition) is 2. The molecule has 0 radical (unpaired) electrons. The number of benzene rings is 1. The highest BCUT2D eigenvalue weighted by Gasteiger charge is 2.78. The monoisotopic (exact) mass is 371 g/mol. The Morgan fingerprint density at radius 2 is 1.96 bits per heavy atom. The standard InChI is InChI=1S/C15H15F2N3O4S/c1-14-4-5-20(7-11(14)15(14,16)17)25(23,24)8-2-3-10-9(6-8)12(21)19-13(22)18-10/h2-3,6,11H,4-5,7H2,1H3,(H2,18,19,21,22). The molecule has 134 valence electrons. The zero-order valence-corrected chi connectivity index (χ0v) is 14.0. The molecule has 2 aromatic rings. The van der Waals surface area contributed by atoms with Gasteiger partial charge in [0.15, 0.2) is 0 Å². The van der Waals surface area contributed by atoms with Crippen LogP contribution in [0.15, 0.2) is 32.7 Å². The maximum atomic E-state index is 13.8. The van der Waals surface area contributed by atoms with Gasteiger partial charge in [0.25, 0.3) is 11.5 Å². The molecule has 0 bridgehead atoms. The van der Waals surface area contributed by atoms with E-state index in [1.807, 2.05) is 4.98 Å². The fraction of sp³-hybridized carbons (Fsp3) is 0.467. The molecule has 2 heterocycles. The maximum Gasteiger partial charge on any atom is 0.326 e. The second-order valence-electron chi connectivity index (χ2n) is 6.82. The van der Waals surface area contributed by atoms with Crippen LogP contribution in [0.5, 0.6) is 0 Å². The Hall–Kier alpha value is -2.07. The third kappa shape index (κ3) is 2.13. The minimum Gasteiger partial charge on any atom is -0.307 e. The molecule has 2 N–H and O–H groups in total. The summed E-state index contributed by atoms with van der Waals surface area (Å²) in [5.41, 5.74) is -2.33. The fourth-order valence-corrected chi connectivity index (χ4v) is 5.14. The number of fused-ring (bicyclic) bond motifs is 2. The lowest BCUT2D eigenvalue weighted by atomic mass is 9.99. The van der Waals surface area contributed by atoms with Gasteiger partial charge in [-0.1, -0.05) is 6.92 Å². The van der Waals surface area contributed by atoms with Crippen molar-refractivity contribution in [3.05, 3.63) is 39.0 Å². The van der Waals surface area contributed by atoms with E-state index < -0.39 is 38.5 Å². The lowest BCUT2D eigenvalue weighted by Gasteiger charge is -2.27. The number of nitrogens with zero attached hydrogens (tertiary/aromatic N) is 1. The van der Waals surface area contributed by atoms with Gasteiger partial charge in [-0.2, -0.15) is 4.31 Å². The summed E-state index contributed by atoms with van der Waals surface area (Å²) in [7, 11) is -4.01. The molecule has 1 saturated heterocycles. The predicted molar refractivity (Wildman–Crippen MR) is 85.1 cm³/mol. The maximum absolute atomic E-state index is 13.8. The summed E-state index contributed by atoms with van der Waals surface area (Å²) in [4.78, 5) is 27.4. The fourth-order valence-electron chi connectivity index (χ4n) is 3.66. The molecular formula is C15H15F2N3O4S. The number of halogens is 2. The summed E-state index contributed by atoms with van der Waals surface area (Å²) in [5, 5.41) is 0.0132. The van der Waals surface area contributed by atoms with Crippen LogP contribution in [-0.2, 0) is 10.0 Å². The molecule has 2 fully saturated rings. The molecule has 25 heavy (non-hydrogen) atoms. The van der Waals surface area contributed by atoms with Gasteiger partial charge in [-0.05, 0) is 24.6 Å². The van der Waals surface area contributed by atoms with E-state index >= 15 is 0 Å². The molecule has 0 spiro atoms. The number of alkyl halides is 2. The summed E-state index contributed by atoms with van der Waals surface area (Å²) in [6.07, 6.45) is 0.0887. The van der Waals surface area contributed by atoms with E-state index in [-0.39, 0.29) is 35.3 Å². The Bertz CT molecular complexity index is 1110. The van der Waals surface area contributed by atoms with E-state index in [0.29, 0.717) is 0 Å². The average Bonchev–Trinajstić information content (AvgIpc) is 2.99. The first-order valence-electron chi connectivity index (χ1n) is 7.72. The van der Waals surface area contributed by atoms with Gasteiger partial charge in [0.05, 0.1) is 15.8 Å². The van der Waals surface area contributed by atoms with Gasteiger partial charge < -0.3 is 4.98 Å². The van der Waals surface area contributed by atoms with Crippen molar-refractivity contribution in [2.75, 3.05) is 13.1 Å². The van der Waals surface area contributed by atoms with E-state index in [4.69, 9.17) is 0 Å². The van der Waals surface area contributed by atoms with E-state index in [1.54, 1.807) is 0 Å². The quantitative estimate of drug-likeness (QED) is 0.818. The van der Waals surface area contributed by atoms with Crippen LogP contribution in [0.25, 0.3) is 10.9 Å². The van der Waals surface area contributed by atoms with Crippen LogP contribution in [0.3, 0.4) is 0 Å². The first-order valence-corrected chi connectivity index (χ1v) is 9.16. The van der Waals surface area contributed by atoms with Crippen LogP contribution in [0, 0.1) is 11.3 Å². The van der Waals surface area contributed by atoms with Gasteiger partial charge in [-0.15, -0.1) is 0 Å². The van der Waals surface area contributed by atoms with Gasteiger partial charge in [0, 0.05) is 24.4 Å². The smallest absolute Gasteiger partial charge is 0.307 e. The normalized spacial score (nSPS) is 28.7. The van der Waals surface area contributed by atoms with Gasteiger partial charge in [0.2, 0.25) is 10.0 Å². The number of rotatable bonds is 2. The highest BCUT2D eigenvalue weighted by Crippen LogP contribution is 2.69. The van der Waals surface area contributed by atoms with Gasteiger partial charge in [-0.3, -0.25) is 9.78 Å². The molecule has 1 aliphatic carbocycles. The summed E-state index contributed by atoms with van der Waals surface area (Å²) in [6, 6.07) is 3.73. The van der Waals surface area contributed by atoms with Crippen molar-refractivity contribution in [1.82, 2.24) is 14.3 Å². The molecule has 2 unspecified atom stereocenters. The van der Waals surface area contributed by atoms with Gasteiger partial charge in [0.1, 0.15) is 0 Å². The topological polar surface area (TPSA) is 103 Å². The number of piperidine rings is 1. The second-order valence-corrected chi connectivity index (χ2v) is 8.76. The largest absolute Gasteiger partial charge is 0.326 e. The zero-order valence-electron chi connectivity index (χ0n) is 13.2. The highest BCUT2D eigenvalue weighted by molar-refractivity contribution is 7.89. The van der Waals surface area contributed by atoms with Crippen LogP contribution in [0.2, 0.25) is 0 Å². The van der Waals surface area contributed by atoms with Crippen LogP contribution >= 0.6 is 0 Å². The van der Waals surface area contributed by atoms with Crippen molar-refractivity contribution < 1.29 is 17.2 Å². The van der Waals surface area contributed by atoms with E-state index in [2.05, 4.69) is 4.98 Å². The molecule has 1 aromatic carbocycles. The molecule has 7 nitrogen and oxygen atoms in total. The SMILES string of the molecule is CC12CCN(S(=O)(=O)c3ccc4[nH]c(=O)[nH]c(=O)c4c3)CC1C2(F)F. The first-order chi connectivity index (χ1) is 11.6. The zero-order chi connectivity index (χ0) is 18.2. The van der Waals surface area contributed by atoms with Crippen LogP contribution in [0.4, 0.5) is 8.78 Å². The first kappa shape index (κ1) is 16.4. The molecule has 0 amide bonds. The Labute approximate surface area is 140 Å². The second kappa shape index (κ2) is 4.76. The number of sulfonamides is 1. The Morgan fingerprint density at radius 3 is 2.64 bits per heavy atom. The molecule has 1 saturated carbocycles. The Balaban J connectivity index is 1.73. The summed E-state index contributed by atoms with van der Waals surface area (Å²) >= 11 is 0. The number of H-pyrrole nitrogens is 2. The number of nitrogens with one attached hydrogen (secondary N) is 2. The van der Waals surface area contributed by atoms with Gasteiger partial charge in [-0.25, -0.2) is 22.0 Å². The van der Waals surface area contributed by atoms with E-state index in [9.17, 15) is 26.8 Å². The van der Waals surface area contributed by atoms with Crippen molar-refractivity contribution >= 4 is 20.9 Å². The van der Waals surface area contributed by atoms with Crippen molar-refractivity contribution in [3.63, 3.8) is 0 Å². The molecule has 2 aliphatic rings. The molecular weight excluding hydrogens is 356 g/mol. The molecule has 2 atom stereocenters. The minimum atomic E-state index is -4.01. The Morgan fingerprint density at radius 1 is 1.24 bits per heavy atom. The van der Waals surface area contributed by atoms with Crippen LogP contribution in [0.1, 0.15) is 13.3 Å². The summed E-state index contributed by atoms with van der Waals surface area (Å²) < 4.78 is 54.3. The predicted octanol–water partition coefficient (Wildman–Crippen LogP) is 0.882. The van der Waals surface area contributed by atoms with E-state index in [0.717, 1.165) is 10.4 Å². The number of hydrogen-bond acceptors (Lipinski definition) is 4. The molecule has 4 rings (SSSR count). The van der Waals surface area contributed by atoms with Crippen molar-refractivity contribution in [2.45, 2.75) is 24.2 Å². The van der Waals surface area contributed by atoms with Crippen LogP contribution < -0.4 is 11.2 Å². The third-order valence-corrected chi connectivity index (χ3v) is 7.36. The van der Waals surface area contributed by atoms with Crippen molar-refractivity contribution in [3.8, 4) is 0 Å². The molecule has 1 aromatic heterocycles. The lowest BCUT2D eigenvalue weighted by molar-refractivity contribution is 0.0636. The molecule has 1 aliphatic heterocycles. The van der Waals surface area contributed by atoms with Gasteiger partial charge >= 0.3 is 5.69 Å². The van der Waals surface area contributed by atoms with E-state index in [1.165, 1.54) is 19.1 Å². The molecule has 10 heteroatoms. The Kier molecular flexibility index (Phi) is 3.12. The van der Waals surface area contributed by atoms with Crippen molar-refractivity contribution in [1.29, 1.82) is 0 Å². The highest BCUT2D eigenvalue weighted by atomic mass is 32.2. The number of aromatic nitrogens is 2. The summed E-state index contributed by atoms with van der Waals surface area (Å²) in [6.45, 7) is 1.24.